The Morgan fingerprint density at radius 1 is 1.04 bits per heavy atom. The van der Waals surface area contributed by atoms with E-state index in [0.717, 1.165) is 29.6 Å². The van der Waals surface area contributed by atoms with Gasteiger partial charge < -0.3 is 9.47 Å². The molecule has 0 radical (unpaired) electrons. The second-order valence-corrected chi connectivity index (χ2v) is 6.29. The second-order valence-electron chi connectivity index (χ2n) is 6.29. The highest BCUT2D eigenvalue weighted by Gasteiger charge is 2.22. The van der Waals surface area contributed by atoms with Crippen molar-refractivity contribution in [2.45, 2.75) is 25.9 Å². The number of amides is 1. The fourth-order valence-corrected chi connectivity index (χ4v) is 3.46. The number of carbonyl (C=O) groups is 1. The fourth-order valence-electron chi connectivity index (χ4n) is 3.46. The number of nitrogens with zero attached hydrogens (tertiary/aromatic N) is 2. The number of rotatable bonds is 3. The van der Waals surface area contributed by atoms with Crippen molar-refractivity contribution in [3.8, 4) is 0 Å². The van der Waals surface area contributed by atoms with Gasteiger partial charge in [0.05, 0.1) is 6.54 Å². The van der Waals surface area contributed by atoms with Crippen LogP contribution in [0.5, 0.6) is 0 Å². The molecule has 24 heavy (non-hydrogen) atoms. The van der Waals surface area contributed by atoms with Crippen molar-refractivity contribution in [1.29, 1.82) is 0 Å². The quantitative estimate of drug-likeness (QED) is 0.721. The highest BCUT2D eigenvalue weighted by molar-refractivity contribution is 5.82. The molecule has 0 spiro atoms. The van der Waals surface area contributed by atoms with E-state index >= 15 is 0 Å². The highest BCUT2D eigenvalue weighted by atomic mass is 19.1. The van der Waals surface area contributed by atoms with Gasteiger partial charge in [-0.15, -0.1) is 0 Å². The van der Waals surface area contributed by atoms with Gasteiger partial charge in [-0.05, 0) is 36.2 Å². The fraction of sp³-hybridized carbons (Fsp3) is 0.250. The van der Waals surface area contributed by atoms with Crippen molar-refractivity contribution in [1.82, 2.24) is 9.47 Å². The SMILES string of the molecule is O=C(CCc1ccccc1)N1CCn2c(cc3cc(F)ccc32)C1. The van der Waals surface area contributed by atoms with Gasteiger partial charge in [0.2, 0.25) is 5.91 Å². The number of hydrogen-bond acceptors (Lipinski definition) is 1. The number of carbonyl (C=O) groups excluding carboxylic acids is 1. The molecule has 4 rings (SSSR count). The molecule has 1 aliphatic rings. The Labute approximate surface area is 140 Å². The van der Waals surface area contributed by atoms with Crippen molar-refractivity contribution in [3.05, 3.63) is 71.7 Å². The van der Waals surface area contributed by atoms with Gasteiger partial charge in [-0.3, -0.25) is 4.79 Å². The van der Waals surface area contributed by atoms with Gasteiger partial charge in [-0.2, -0.15) is 0 Å². The molecule has 0 saturated carbocycles. The lowest BCUT2D eigenvalue weighted by molar-refractivity contribution is -0.132. The summed E-state index contributed by atoms with van der Waals surface area (Å²) in [5.74, 6) is -0.0391. The van der Waals surface area contributed by atoms with Gasteiger partial charge in [0, 0.05) is 36.1 Å². The molecule has 0 aliphatic carbocycles. The maximum atomic E-state index is 13.4. The van der Waals surface area contributed by atoms with Crippen LogP contribution >= 0.6 is 0 Å². The molecular formula is C20H19FN2O. The summed E-state index contributed by atoms with van der Waals surface area (Å²) in [6.07, 6.45) is 1.29. The molecule has 0 unspecified atom stereocenters. The van der Waals surface area contributed by atoms with Crippen LogP contribution in [0.4, 0.5) is 4.39 Å². The van der Waals surface area contributed by atoms with Crippen molar-refractivity contribution in [2.75, 3.05) is 6.54 Å². The molecule has 3 aromatic rings. The first kappa shape index (κ1) is 14.9. The normalized spacial score (nSPS) is 14.0. The van der Waals surface area contributed by atoms with Crippen LogP contribution in [0.2, 0.25) is 0 Å². The number of benzene rings is 2. The first-order valence-corrected chi connectivity index (χ1v) is 8.30. The van der Waals surface area contributed by atoms with Crippen molar-refractivity contribution in [3.63, 3.8) is 0 Å². The highest BCUT2D eigenvalue weighted by Crippen LogP contribution is 2.25. The van der Waals surface area contributed by atoms with E-state index in [1.165, 1.54) is 11.6 Å². The van der Waals surface area contributed by atoms with Gasteiger partial charge >= 0.3 is 0 Å². The van der Waals surface area contributed by atoms with Gasteiger partial charge in [-0.1, -0.05) is 30.3 Å². The Bertz CT molecular complexity index is 885. The largest absolute Gasteiger partial charge is 0.341 e. The van der Waals surface area contributed by atoms with E-state index in [-0.39, 0.29) is 11.7 Å². The number of hydrogen-bond donors (Lipinski definition) is 0. The van der Waals surface area contributed by atoms with E-state index in [1.54, 1.807) is 6.07 Å². The molecule has 1 aliphatic heterocycles. The number of fused-ring (bicyclic) bond motifs is 3. The Hall–Kier alpha value is -2.62. The van der Waals surface area contributed by atoms with Crippen LogP contribution in [0.15, 0.2) is 54.6 Å². The van der Waals surface area contributed by atoms with Crippen LogP contribution in [0.3, 0.4) is 0 Å². The van der Waals surface area contributed by atoms with Crippen LogP contribution in [-0.4, -0.2) is 21.9 Å². The first-order valence-electron chi connectivity index (χ1n) is 8.30. The maximum absolute atomic E-state index is 13.4. The maximum Gasteiger partial charge on any atom is 0.223 e. The van der Waals surface area contributed by atoms with Crippen molar-refractivity contribution >= 4 is 16.8 Å². The minimum absolute atomic E-state index is 0.182. The van der Waals surface area contributed by atoms with Crippen LogP contribution in [0.25, 0.3) is 10.9 Å². The van der Waals surface area contributed by atoms with Gasteiger partial charge in [0.25, 0.3) is 0 Å². The monoisotopic (exact) mass is 322 g/mol. The summed E-state index contributed by atoms with van der Waals surface area (Å²) < 4.78 is 15.6. The Morgan fingerprint density at radius 3 is 2.71 bits per heavy atom. The van der Waals surface area contributed by atoms with Gasteiger partial charge in [0.15, 0.2) is 0 Å². The molecule has 0 bridgehead atoms. The minimum atomic E-state index is -0.221. The van der Waals surface area contributed by atoms with E-state index < -0.39 is 0 Å². The molecule has 4 heteroatoms. The average molecular weight is 322 g/mol. The van der Waals surface area contributed by atoms with Gasteiger partial charge in [-0.25, -0.2) is 4.39 Å². The summed E-state index contributed by atoms with van der Waals surface area (Å²) >= 11 is 0. The van der Waals surface area contributed by atoms with Crippen LogP contribution in [0, 0.1) is 5.82 Å². The predicted octanol–water partition coefficient (Wildman–Crippen LogP) is 3.76. The summed E-state index contributed by atoms with van der Waals surface area (Å²) in [5.41, 5.74) is 3.31. The van der Waals surface area contributed by atoms with Crippen molar-refractivity contribution < 1.29 is 9.18 Å². The van der Waals surface area contributed by atoms with E-state index in [2.05, 4.69) is 16.7 Å². The number of aryl methyl sites for hydroxylation is 1. The smallest absolute Gasteiger partial charge is 0.223 e. The Morgan fingerprint density at radius 2 is 1.88 bits per heavy atom. The Balaban J connectivity index is 1.47. The number of halogens is 1. The van der Waals surface area contributed by atoms with E-state index in [0.29, 0.717) is 19.5 Å². The molecule has 0 N–H and O–H groups in total. The van der Waals surface area contributed by atoms with Crippen molar-refractivity contribution in [2.24, 2.45) is 0 Å². The zero-order chi connectivity index (χ0) is 16.5. The minimum Gasteiger partial charge on any atom is -0.341 e. The third-order valence-electron chi connectivity index (χ3n) is 4.72. The van der Waals surface area contributed by atoms with E-state index in [4.69, 9.17) is 0 Å². The third kappa shape index (κ3) is 2.80. The van der Waals surface area contributed by atoms with Crippen LogP contribution < -0.4 is 0 Å². The molecular weight excluding hydrogens is 303 g/mol. The molecule has 0 fully saturated rings. The van der Waals surface area contributed by atoms with Crippen LogP contribution in [0.1, 0.15) is 17.7 Å². The summed E-state index contributed by atoms with van der Waals surface area (Å²) in [7, 11) is 0. The lowest BCUT2D eigenvalue weighted by Gasteiger charge is -2.29. The first-order chi connectivity index (χ1) is 11.7. The molecule has 1 aromatic heterocycles. The third-order valence-corrected chi connectivity index (χ3v) is 4.72. The van der Waals surface area contributed by atoms with Gasteiger partial charge in [0.1, 0.15) is 5.82 Å². The summed E-state index contributed by atoms with van der Waals surface area (Å²) in [6.45, 7) is 2.08. The Kier molecular flexibility index (Phi) is 3.81. The molecule has 122 valence electrons. The molecule has 0 saturated heterocycles. The lowest BCUT2D eigenvalue weighted by Crippen LogP contribution is -2.38. The molecule has 3 nitrogen and oxygen atoms in total. The molecule has 1 amide bonds. The zero-order valence-electron chi connectivity index (χ0n) is 13.4. The van der Waals surface area contributed by atoms with Crippen LogP contribution in [-0.2, 0) is 24.3 Å². The topological polar surface area (TPSA) is 25.2 Å². The molecule has 0 atom stereocenters. The average Bonchev–Trinajstić information content (AvgIpc) is 2.97. The summed E-state index contributed by atoms with van der Waals surface area (Å²) in [4.78, 5) is 14.4. The summed E-state index contributed by atoms with van der Waals surface area (Å²) in [6, 6.07) is 16.9. The standard InChI is InChI=1S/C20H19FN2O/c21-17-7-8-19-16(12-17)13-18-14-22(10-11-23(18)19)20(24)9-6-15-4-2-1-3-5-15/h1-5,7-8,12-13H,6,9-11,14H2. The zero-order valence-corrected chi connectivity index (χ0v) is 13.4. The van der Waals surface area contributed by atoms with E-state index in [9.17, 15) is 9.18 Å². The van der Waals surface area contributed by atoms with E-state index in [1.807, 2.05) is 35.2 Å². The lowest BCUT2D eigenvalue weighted by atomic mass is 10.1. The second kappa shape index (κ2) is 6.11. The summed E-state index contributed by atoms with van der Waals surface area (Å²) in [5, 5.41) is 0.906. The predicted molar refractivity (Wildman–Crippen MR) is 92.1 cm³/mol. The number of aromatic nitrogens is 1. The molecule has 2 aromatic carbocycles. The molecule has 2 heterocycles.